The van der Waals surface area contributed by atoms with Gasteiger partial charge in [0, 0.05) is 6.08 Å². The summed E-state index contributed by atoms with van der Waals surface area (Å²) in [5.41, 5.74) is 3.33. The standard InChI is InChI=1S/C35H36N2O7/c1-4-34(38)43-19-7-6-18-42-31-15-13-27(14-16-31)35(44-39)30-12-11-28-20-25(8-10-29(28)22-30)23-36-37-24-26-9-17-32(40-3)33(21-26)41-5-2/h4,8-17,20-24,35,39H,1,5-7,18-19H2,2-3H3/b36-23+,37-24+. The molecule has 4 aromatic carbocycles. The molecule has 0 aromatic heterocycles. The van der Waals surface area contributed by atoms with E-state index >= 15 is 0 Å². The molecular weight excluding hydrogens is 560 g/mol. The zero-order chi connectivity index (χ0) is 31.1. The summed E-state index contributed by atoms with van der Waals surface area (Å²) in [6.45, 7) is 6.65. The van der Waals surface area contributed by atoms with Crippen molar-refractivity contribution in [3.05, 3.63) is 114 Å². The van der Waals surface area contributed by atoms with Gasteiger partial charge in [0.25, 0.3) is 0 Å². The van der Waals surface area contributed by atoms with Gasteiger partial charge in [0.2, 0.25) is 0 Å². The van der Waals surface area contributed by atoms with E-state index in [1.807, 2.05) is 85.8 Å². The van der Waals surface area contributed by atoms with Gasteiger partial charge in [-0.15, -0.1) is 0 Å². The van der Waals surface area contributed by atoms with Crippen LogP contribution in [0.15, 0.2) is 102 Å². The minimum absolute atomic E-state index is 0.333. The second-order valence-electron chi connectivity index (χ2n) is 9.68. The first-order chi connectivity index (χ1) is 21.5. The molecule has 0 bridgehead atoms. The van der Waals surface area contributed by atoms with E-state index in [9.17, 15) is 10.1 Å². The Balaban J connectivity index is 1.35. The van der Waals surface area contributed by atoms with Crippen LogP contribution < -0.4 is 14.2 Å². The van der Waals surface area contributed by atoms with Crippen molar-refractivity contribution in [1.82, 2.24) is 0 Å². The van der Waals surface area contributed by atoms with E-state index in [4.69, 9.17) is 23.8 Å². The fraction of sp³-hybridized carbons (Fsp3) is 0.229. The number of benzene rings is 4. The monoisotopic (exact) mass is 596 g/mol. The average Bonchev–Trinajstić information content (AvgIpc) is 3.05. The number of carbonyl (C=O) groups is 1. The zero-order valence-electron chi connectivity index (χ0n) is 24.8. The lowest BCUT2D eigenvalue weighted by molar-refractivity contribution is -0.270. The lowest BCUT2D eigenvalue weighted by atomic mass is 9.97. The number of hydrogen-bond acceptors (Lipinski definition) is 9. The van der Waals surface area contributed by atoms with Gasteiger partial charge >= 0.3 is 5.97 Å². The molecule has 1 N–H and O–H groups in total. The van der Waals surface area contributed by atoms with Crippen molar-refractivity contribution in [3.63, 3.8) is 0 Å². The quantitative estimate of drug-likeness (QED) is 0.0365. The van der Waals surface area contributed by atoms with Crippen LogP contribution in [0.4, 0.5) is 0 Å². The molecule has 4 aromatic rings. The highest BCUT2D eigenvalue weighted by atomic mass is 17.1. The van der Waals surface area contributed by atoms with Gasteiger partial charge in [-0.25, -0.2) is 9.68 Å². The average molecular weight is 597 g/mol. The molecule has 1 unspecified atom stereocenters. The predicted octanol–water partition coefficient (Wildman–Crippen LogP) is 7.17. The molecule has 0 saturated heterocycles. The molecule has 0 heterocycles. The smallest absolute Gasteiger partial charge is 0.330 e. The van der Waals surface area contributed by atoms with Crippen LogP contribution in [0.3, 0.4) is 0 Å². The highest BCUT2D eigenvalue weighted by Crippen LogP contribution is 2.30. The van der Waals surface area contributed by atoms with Crippen molar-refractivity contribution in [2.75, 3.05) is 26.9 Å². The van der Waals surface area contributed by atoms with Crippen LogP contribution in [-0.2, 0) is 14.4 Å². The first-order valence-electron chi connectivity index (χ1n) is 14.3. The first-order valence-corrected chi connectivity index (χ1v) is 14.3. The number of ether oxygens (including phenoxy) is 4. The number of methoxy groups -OCH3 is 1. The van der Waals surface area contributed by atoms with E-state index in [0.29, 0.717) is 43.5 Å². The van der Waals surface area contributed by atoms with E-state index in [-0.39, 0.29) is 0 Å². The minimum Gasteiger partial charge on any atom is -0.494 e. The number of unbranched alkanes of at least 4 members (excludes halogenated alkanes) is 1. The minimum atomic E-state index is -0.662. The second kappa shape index (κ2) is 16.6. The van der Waals surface area contributed by atoms with E-state index in [1.165, 1.54) is 0 Å². The summed E-state index contributed by atoms with van der Waals surface area (Å²) in [5, 5.41) is 20.1. The molecule has 228 valence electrons. The lowest BCUT2D eigenvalue weighted by Crippen LogP contribution is -2.05. The van der Waals surface area contributed by atoms with Crippen LogP contribution in [0, 0.1) is 0 Å². The third-order valence-corrected chi connectivity index (χ3v) is 6.67. The van der Waals surface area contributed by atoms with Gasteiger partial charge in [-0.1, -0.05) is 43.0 Å². The first kappa shape index (κ1) is 31.9. The Morgan fingerprint density at radius 2 is 1.48 bits per heavy atom. The summed E-state index contributed by atoms with van der Waals surface area (Å²) in [7, 11) is 1.61. The van der Waals surface area contributed by atoms with Gasteiger partial charge in [-0.3, -0.25) is 5.26 Å². The lowest BCUT2D eigenvalue weighted by Gasteiger charge is -2.16. The topological polar surface area (TPSA) is 108 Å². The number of fused-ring (bicyclic) bond motifs is 1. The van der Waals surface area contributed by atoms with Gasteiger partial charge < -0.3 is 18.9 Å². The van der Waals surface area contributed by atoms with Gasteiger partial charge in [-0.2, -0.15) is 10.2 Å². The second-order valence-corrected chi connectivity index (χ2v) is 9.68. The number of rotatable bonds is 16. The maximum Gasteiger partial charge on any atom is 0.330 e. The van der Waals surface area contributed by atoms with Crippen LogP contribution in [0.1, 0.15) is 48.1 Å². The van der Waals surface area contributed by atoms with Crippen molar-refractivity contribution >= 4 is 29.2 Å². The van der Waals surface area contributed by atoms with Gasteiger partial charge in [-0.05, 0) is 95.3 Å². The normalized spacial score (nSPS) is 12.0. The number of hydrogen-bond donors (Lipinski definition) is 1. The highest BCUT2D eigenvalue weighted by molar-refractivity contribution is 5.91. The Labute approximate surface area is 256 Å². The molecule has 4 rings (SSSR count). The van der Waals surface area contributed by atoms with Crippen LogP contribution in [-0.4, -0.2) is 50.6 Å². The molecule has 0 aliphatic rings. The number of nitrogens with zero attached hydrogens (tertiary/aromatic N) is 2. The van der Waals surface area contributed by atoms with Crippen molar-refractivity contribution in [3.8, 4) is 17.2 Å². The van der Waals surface area contributed by atoms with Crippen LogP contribution in [0.5, 0.6) is 17.2 Å². The van der Waals surface area contributed by atoms with E-state index in [0.717, 1.165) is 45.5 Å². The Hall–Kier alpha value is -4.99. The van der Waals surface area contributed by atoms with E-state index < -0.39 is 12.1 Å². The molecule has 0 amide bonds. The predicted molar refractivity (Wildman–Crippen MR) is 171 cm³/mol. The molecule has 1 atom stereocenters. The van der Waals surface area contributed by atoms with Crippen LogP contribution in [0.25, 0.3) is 10.8 Å². The molecule has 0 saturated carbocycles. The fourth-order valence-electron chi connectivity index (χ4n) is 4.45. The van der Waals surface area contributed by atoms with Crippen molar-refractivity contribution in [2.24, 2.45) is 10.2 Å². The van der Waals surface area contributed by atoms with Crippen LogP contribution >= 0.6 is 0 Å². The molecule has 9 heteroatoms. The maximum absolute atomic E-state index is 11.1. The maximum atomic E-state index is 11.1. The Morgan fingerprint density at radius 1 is 0.818 bits per heavy atom. The molecule has 9 nitrogen and oxygen atoms in total. The van der Waals surface area contributed by atoms with Crippen molar-refractivity contribution in [1.29, 1.82) is 0 Å². The highest BCUT2D eigenvalue weighted by Gasteiger charge is 2.16. The van der Waals surface area contributed by atoms with Crippen molar-refractivity contribution < 1.29 is 33.9 Å². The van der Waals surface area contributed by atoms with Crippen LogP contribution in [0.2, 0.25) is 0 Å². The Kier molecular flexibility index (Phi) is 12.0. The molecule has 44 heavy (non-hydrogen) atoms. The van der Waals surface area contributed by atoms with Gasteiger partial charge in [0.05, 0.1) is 39.4 Å². The number of carbonyl (C=O) groups excluding carboxylic acids is 1. The third-order valence-electron chi connectivity index (χ3n) is 6.67. The molecule has 0 fully saturated rings. The Bertz CT molecular complexity index is 1600. The fourth-order valence-corrected chi connectivity index (χ4v) is 4.45. The van der Waals surface area contributed by atoms with Crippen molar-refractivity contribution in [2.45, 2.75) is 25.9 Å². The largest absolute Gasteiger partial charge is 0.494 e. The Morgan fingerprint density at radius 3 is 2.18 bits per heavy atom. The summed E-state index contributed by atoms with van der Waals surface area (Å²) in [6, 6.07) is 24.8. The SMILES string of the molecule is C=CC(=O)OCCCCOc1ccc(C(OO)c2ccc3cc(/C=N/N=C/c4ccc(OC)c(OCC)c4)ccc3c2)cc1. The summed E-state index contributed by atoms with van der Waals surface area (Å²) in [6.07, 6.45) is 5.27. The summed E-state index contributed by atoms with van der Waals surface area (Å²) < 4.78 is 21.7. The van der Waals surface area contributed by atoms with E-state index in [1.54, 1.807) is 19.5 Å². The molecule has 0 radical (unpaired) electrons. The zero-order valence-corrected chi connectivity index (χ0v) is 24.8. The molecule has 0 aliphatic heterocycles. The van der Waals surface area contributed by atoms with Gasteiger partial charge in [0.15, 0.2) is 11.5 Å². The summed E-state index contributed by atoms with van der Waals surface area (Å²) in [4.78, 5) is 15.9. The molecule has 0 aliphatic carbocycles. The third kappa shape index (κ3) is 9.00. The van der Waals surface area contributed by atoms with Gasteiger partial charge in [0.1, 0.15) is 11.9 Å². The molecular formula is C35H36N2O7. The van der Waals surface area contributed by atoms with E-state index in [2.05, 4.69) is 16.8 Å². The number of esters is 1. The molecule has 0 spiro atoms. The summed E-state index contributed by atoms with van der Waals surface area (Å²) >= 11 is 0. The summed E-state index contributed by atoms with van der Waals surface area (Å²) in [5.74, 6) is 1.60.